The topological polar surface area (TPSA) is 59.4 Å². The number of rotatable bonds is 6. The van der Waals surface area contributed by atoms with E-state index in [1.54, 1.807) is 11.8 Å². The Morgan fingerprint density at radius 2 is 1.88 bits per heavy atom. The van der Waals surface area contributed by atoms with Crippen molar-refractivity contribution in [1.82, 2.24) is 20.0 Å². The summed E-state index contributed by atoms with van der Waals surface area (Å²) in [6.07, 6.45) is 2.23. The summed E-state index contributed by atoms with van der Waals surface area (Å²) < 4.78 is 7.16. The zero-order chi connectivity index (χ0) is 17.8. The number of carbonyl (C=O) groups is 1. The third kappa shape index (κ3) is 3.85. The fourth-order valence-electron chi connectivity index (χ4n) is 3.34. The van der Waals surface area contributed by atoms with Gasteiger partial charge in [-0.25, -0.2) is 4.68 Å². The molecule has 25 heavy (non-hydrogen) atoms. The van der Waals surface area contributed by atoms with Crippen LogP contribution in [0.1, 0.15) is 40.0 Å². The minimum atomic E-state index is 0.146. The molecule has 1 aliphatic heterocycles. The Labute approximate surface area is 148 Å². The van der Waals surface area contributed by atoms with Gasteiger partial charge in [0, 0.05) is 38.8 Å². The SMILES string of the molecule is COc1c(CNCc2ccc(C(=O)N3CCCC3)cc2)c(C)nn1C. The molecule has 0 saturated carbocycles. The van der Waals surface area contributed by atoms with Crippen LogP contribution in [-0.4, -0.2) is 40.8 Å². The minimum absolute atomic E-state index is 0.146. The Morgan fingerprint density at radius 3 is 2.52 bits per heavy atom. The molecule has 2 aromatic rings. The summed E-state index contributed by atoms with van der Waals surface area (Å²) in [6, 6.07) is 7.88. The predicted molar refractivity (Wildman–Crippen MR) is 96.6 cm³/mol. The molecule has 1 saturated heterocycles. The van der Waals surface area contributed by atoms with Crippen molar-refractivity contribution in [2.24, 2.45) is 7.05 Å². The van der Waals surface area contributed by atoms with Crippen LogP contribution >= 0.6 is 0 Å². The number of aromatic nitrogens is 2. The van der Waals surface area contributed by atoms with Crippen LogP contribution in [0.15, 0.2) is 24.3 Å². The normalized spacial score (nSPS) is 14.1. The first kappa shape index (κ1) is 17.5. The van der Waals surface area contributed by atoms with Gasteiger partial charge in [0.15, 0.2) is 0 Å². The molecule has 2 heterocycles. The molecule has 1 aliphatic rings. The lowest BCUT2D eigenvalue weighted by Crippen LogP contribution is -2.27. The molecule has 6 heteroatoms. The molecule has 0 atom stereocenters. The average Bonchev–Trinajstić information content (AvgIpc) is 3.23. The largest absolute Gasteiger partial charge is 0.481 e. The van der Waals surface area contributed by atoms with Crippen molar-refractivity contribution in [3.8, 4) is 5.88 Å². The molecular formula is C19H26N4O2. The van der Waals surface area contributed by atoms with Gasteiger partial charge in [-0.2, -0.15) is 5.10 Å². The predicted octanol–water partition coefficient (Wildman–Crippen LogP) is 2.26. The van der Waals surface area contributed by atoms with Gasteiger partial charge < -0.3 is 15.0 Å². The molecule has 0 spiro atoms. The third-order valence-electron chi connectivity index (χ3n) is 4.71. The Morgan fingerprint density at radius 1 is 1.20 bits per heavy atom. The van der Waals surface area contributed by atoms with E-state index >= 15 is 0 Å². The second-order valence-corrected chi connectivity index (χ2v) is 6.50. The molecular weight excluding hydrogens is 316 g/mol. The van der Waals surface area contributed by atoms with Gasteiger partial charge in [0.05, 0.1) is 18.4 Å². The van der Waals surface area contributed by atoms with Gasteiger partial charge in [-0.15, -0.1) is 0 Å². The highest BCUT2D eigenvalue weighted by Gasteiger charge is 2.19. The first-order valence-electron chi connectivity index (χ1n) is 8.75. The number of nitrogens with zero attached hydrogens (tertiary/aromatic N) is 3. The van der Waals surface area contributed by atoms with Crippen molar-refractivity contribution in [2.45, 2.75) is 32.9 Å². The van der Waals surface area contributed by atoms with E-state index in [1.807, 2.05) is 43.1 Å². The van der Waals surface area contributed by atoms with Crippen LogP contribution in [0, 0.1) is 6.92 Å². The van der Waals surface area contributed by atoms with E-state index in [9.17, 15) is 4.79 Å². The lowest BCUT2D eigenvalue weighted by atomic mass is 10.1. The van der Waals surface area contributed by atoms with Crippen molar-refractivity contribution in [1.29, 1.82) is 0 Å². The summed E-state index contributed by atoms with van der Waals surface area (Å²) in [7, 11) is 3.54. The number of carbonyl (C=O) groups excluding carboxylic acids is 1. The maximum Gasteiger partial charge on any atom is 0.253 e. The van der Waals surface area contributed by atoms with Gasteiger partial charge in [0.1, 0.15) is 0 Å². The summed E-state index contributed by atoms with van der Waals surface area (Å²) >= 11 is 0. The number of hydrogen-bond acceptors (Lipinski definition) is 4. The van der Waals surface area contributed by atoms with E-state index in [-0.39, 0.29) is 5.91 Å². The molecule has 1 fully saturated rings. The lowest BCUT2D eigenvalue weighted by Gasteiger charge is -2.15. The van der Waals surface area contributed by atoms with E-state index in [0.717, 1.165) is 60.7 Å². The fraction of sp³-hybridized carbons (Fsp3) is 0.474. The number of methoxy groups -OCH3 is 1. The number of hydrogen-bond donors (Lipinski definition) is 1. The van der Waals surface area contributed by atoms with Crippen LogP contribution in [0.4, 0.5) is 0 Å². The summed E-state index contributed by atoms with van der Waals surface area (Å²) in [5.74, 6) is 0.935. The lowest BCUT2D eigenvalue weighted by molar-refractivity contribution is 0.0793. The van der Waals surface area contributed by atoms with E-state index in [1.165, 1.54) is 0 Å². The number of amides is 1. The van der Waals surface area contributed by atoms with Crippen LogP contribution in [0.3, 0.4) is 0 Å². The van der Waals surface area contributed by atoms with Crippen molar-refractivity contribution in [2.75, 3.05) is 20.2 Å². The highest BCUT2D eigenvalue weighted by atomic mass is 16.5. The molecule has 1 aromatic heterocycles. The second kappa shape index (κ2) is 7.70. The molecule has 0 bridgehead atoms. The second-order valence-electron chi connectivity index (χ2n) is 6.50. The third-order valence-corrected chi connectivity index (χ3v) is 4.71. The smallest absolute Gasteiger partial charge is 0.253 e. The number of benzene rings is 1. The standard InChI is InChI=1S/C19H26N4O2/c1-14-17(19(25-3)22(2)21-14)13-20-12-15-6-8-16(9-7-15)18(24)23-10-4-5-11-23/h6-9,20H,4-5,10-13H2,1-3H3. The number of likely N-dealkylation sites (tertiary alicyclic amines) is 1. The first-order valence-corrected chi connectivity index (χ1v) is 8.75. The summed E-state index contributed by atoms with van der Waals surface area (Å²) in [4.78, 5) is 14.3. The molecule has 1 amide bonds. The van der Waals surface area contributed by atoms with Crippen LogP contribution in [-0.2, 0) is 20.1 Å². The van der Waals surface area contributed by atoms with E-state index < -0.39 is 0 Å². The fourth-order valence-corrected chi connectivity index (χ4v) is 3.34. The molecule has 1 aromatic carbocycles. The van der Waals surface area contributed by atoms with Crippen molar-refractivity contribution in [3.63, 3.8) is 0 Å². The molecule has 3 rings (SSSR count). The van der Waals surface area contributed by atoms with E-state index in [0.29, 0.717) is 6.54 Å². The molecule has 0 unspecified atom stereocenters. The van der Waals surface area contributed by atoms with Crippen LogP contribution in [0.25, 0.3) is 0 Å². The molecule has 1 N–H and O–H groups in total. The van der Waals surface area contributed by atoms with Crippen molar-refractivity contribution in [3.05, 3.63) is 46.6 Å². The van der Waals surface area contributed by atoms with Gasteiger partial charge in [-0.3, -0.25) is 4.79 Å². The van der Waals surface area contributed by atoms with Crippen LogP contribution in [0.2, 0.25) is 0 Å². The molecule has 6 nitrogen and oxygen atoms in total. The van der Waals surface area contributed by atoms with Crippen LogP contribution in [0.5, 0.6) is 5.88 Å². The summed E-state index contributed by atoms with van der Waals surface area (Å²) in [5.41, 5.74) is 3.97. The summed E-state index contributed by atoms with van der Waals surface area (Å²) in [6.45, 7) is 5.17. The maximum atomic E-state index is 12.4. The summed E-state index contributed by atoms with van der Waals surface area (Å²) in [5, 5.41) is 7.81. The first-order chi connectivity index (χ1) is 12.1. The minimum Gasteiger partial charge on any atom is -0.481 e. The van der Waals surface area contributed by atoms with E-state index in [2.05, 4.69) is 10.4 Å². The number of nitrogens with one attached hydrogen (secondary N) is 1. The monoisotopic (exact) mass is 342 g/mol. The molecule has 134 valence electrons. The average molecular weight is 342 g/mol. The van der Waals surface area contributed by atoms with Gasteiger partial charge >= 0.3 is 0 Å². The van der Waals surface area contributed by atoms with Gasteiger partial charge in [-0.1, -0.05) is 12.1 Å². The maximum absolute atomic E-state index is 12.4. The number of aryl methyl sites for hydroxylation is 2. The van der Waals surface area contributed by atoms with E-state index in [4.69, 9.17) is 4.74 Å². The van der Waals surface area contributed by atoms with Gasteiger partial charge in [-0.05, 0) is 37.5 Å². The highest BCUT2D eigenvalue weighted by Crippen LogP contribution is 2.20. The zero-order valence-electron chi connectivity index (χ0n) is 15.2. The Bertz CT molecular complexity index is 731. The Kier molecular flexibility index (Phi) is 5.38. The quantitative estimate of drug-likeness (QED) is 0.875. The highest BCUT2D eigenvalue weighted by molar-refractivity contribution is 5.94. The molecule has 0 radical (unpaired) electrons. The molecule has 0 aliphatic carbocycles. The van der Waals surface area contributed by atoms with Gasteiger partial charge in [0.25, 0.3) is 5.91 Å². The van der Waals surface area contributed by atoms with Crippen LogP contribution < -0.4 is 10.1 Å². The zero-order valence-corrected chi connectivity index (χ0v) is 15.2. The van der Waals surface area contributed by atoms with Gasteiger partial charge in [0.2, 0.25) is 5.88 Å². The Balaban J connectivity index is 1.56. The van der Waals surface area contributed by atoms with Crippen molar-refractivity contribution < 1.29 is 9.53 Å². The Hall–Kier alpha value is -2.34. The van der Waals surface area contributed by atoms with Crippen molar-refractivity contribution >= 4 is 5.91 Å². The number of ether oxygens (including phenoxy) is 1.